The van der Waals surface area contributed by atoms with Crippen molar-refractivity contribution in [1.29, 1.82) is 0 Å². The molecule has 0 heterocycles. The molecule has 1 amide bonds. The Morgan fingerprint density at radius 1 is 1.64 bits per heavy atom. The van der Waals surface area contributed by atoms with Crippen LogP contribution in [0.1, 0.15) is 19.3 Å². The molecule has 0 bridgehead atoms. The lowest BCUT2D eigenvalue weighted by atomic mass is 9.85. The van der Waals surface area contributed by atoms with Crippen molar-refractivity contribution in [2.75, 3.05) is 20.3 Å². The number of ether oxygens (including phenoxy) is 1. The van der Waals surface area contributed by atoms with Crippen LogP contribution in [0, 0.1) is 5.92 Å². The Hall–Kier alpha value is -0.570. The summed E-state index contributed by atoms with van der Waals surface area (Å²) in [6.45, 7) is 1.25. The van der Waals surface area contributed by atoms with Gasteiger partial charge in [0.15, 0.2) is 0 Å². The van der Waals surface area contributed by atoms with Crippen molar-refractivity contribution in [3.05, 3.63) is 0 Å². The molecular weight excluding hydrogens is 142 g/mol. The number of carbonyl (C=O) groups excluding carboxylic acids is 1. The van der Waals surface area contributed by atoms with Gasteiger partial charge in [0.1, 0.15) is 0 Å². The van der Waals surface area contributed by atoms with Gasteiger partial charge in [0.05, 0.1) is 6.61 Å². The molecule has 0 atom stereocenters. The van der Waals surface area contributed by atoms with Crippen molar-refractivity contribution >= 4 is 5.91 Å². The van der Waals surface area contributed by atoms with Crippen LogP contribution in [0.5, 0.6) is 0 Å². The fourth-order valence-electron chi connectivity index (χ4n) is 1.09. The maximum atomic E-state index is 11.1. The highest BCUT2D eigenvalue weighted by atomic mass is 16.5. The minimum Gasteiger partial charge on any atom is -0.383 e. The number of methoxy groups -OCH3 is 1. The summed E-state index contributed by atoms with van der Waals surface area (Å²) in [5, 5.41) is 2.82. The van der Waals surface area contributed by atoms with E-state index in [0.717, 1.165) is 12.8 Å². The van der Waals surface area contributed by atoms with E-state index in [1.54, 1.807) is 7.11 Å². The summed E-state index contributed by atoms with van der Waals surface area (Å²) in [5.41, 5.74) is 0. The molecule has 1 saturated carbocycles. The Bertz CT molecular complexity index is 132. The summed E-state index contributed by atoms with van der Waals surface area (Å²) >= 11 is 0. The van der Waals surface area contributed by atoms with Crippen LogP contribution in [0.2, 0.25) is 0 Å². The zero-order chi connectivity index (χ0) is 8.10. The lowest BCUT2D eigenvalue weighted by Crippen LogP contribution is -2.36. The van der Waals surface area contributed by atoms with E-state index in [2.05, 4.69) is 5.32 Å². The average molecular weight is 157 g/mol. The van der Waals surface area contributed by atoms with Crippen molar-refractivity contribution in [3.8, 4) is 0 Å². The van der Waals surface area contributed by atoms with Gasteiger partial charge in [0.2, 0.25) is 5.91 Å². The molecule has 0 saturated heterocycles. The Labute approximate surface area is 67.1 Å². The van der Waals surface area contributed by atoms with Gasteiger partial charge in [-0.25, -0.2) is 0 Å². The summed E-state index contributed by atoms with van der Waals surface area (Å²) in [6.07, 6.45) is 3.35. The number of nitrogens with one attached hydrogen (secondary N) is 1. The molecule has 0 unspecified atom stereocenters. The second kappa shape index (κ2) is 4.34. The molecule has 1 N–H and O–H groups in total. The van der Waals surface area contributed by atoms with Crippen molar-refractivity contribution < 1.29 is 9.53 Å². The van der Waals surface area contributed by atoms with E-state index in [0.29, 0.717) is 19.1 Å². The van der Waals surface area contributed by atoms with Crippen LogP contribution >= 0.6 is 0 Å². The third-order valence-electron chi connectivity index (χ3n) is 2.08. The number of carbonyl (C=O) groups is 1. The number of hydrogen-bond donors (Lipinski definition) is 1. The van der Waals surface area contributed by atoms with Gasteiger partial charge in [-0.2, -0.15) is 0 Å². The SMILES string of the molecule is COCCNC(=O)C1CCC1. The standard InChI is InChI=1S/C8H15NO2/c1-11-6-5-9-8(10)7-3-2-4-7/h7H,2-6H2,1H3,(H,9,10). The van der Waals surface area contributed by atoms with Crippen LogP contribution in [0.4, 0.5) is 0 Å². The second-order valence-corrected chi connectivity index (χ2v) is 2.91. The van der Waals surface area contributed by atoms with Crippen molar-refractivity contribution in [2.45, 2.75) is 19.3 Å². The summed E-state index contributed by atoms with van der Waals surface area (Å²) in [5.74, 6) is 0.500. The number of hydrogen-bond acceptors (Lipinski definition) is 2. The van der Waals surface area contributed by atoms with Gasteiger partial charge in [-0.1, -0.05) is 6.42 Å². The molecule has 0 aliphatic heterocycles. The van der Waals surface area contributed by atoms with Gasteiger partial charge >= 0.3 is 0 Å². The number of rotatable bonds is 4. The molecule has 0 radical (unpaired) electrons. The molecule has 1 fully saturated rings. The van der Waals surface area contributed by atoms with Crippen LogP contribution < -0.4 is 5.32 Å². The molecule has 0 spiro atoms. The molecule has 0 aromatic rings. The maximum absolute atomic E-state index is 11.1. The van der Waals surface area contributed by atoms with Gasteiger partial charge in [0.25, 0.3) is 0 Å². The third kappa shape index (κ3) is 2.50. The quantitative estimate of drug-likeness (QED) is 0.605. The molecule has 1 aliphatic rings. The van der Waals surface area contributed by atoms with Crippen LogP contribution in [0.25, 0.3) is 0 Å². The van der Waals surface area contributed by atoms with Crippen LogP contribution in [0.15, 0.2) is 0 Å². The third-order valence-corrected chi connectivity index (χ3v) is 2.08. The second-order valence-electron chi connectivity index (χ2n) is 2.91. The Kier molecular flexibility index (Phi) is 3.36. The summed E-state index contributed by atoms with van der Waals surface area (Å²) in [4.78, 5) is 11.1. The van der Waals surface area contributed by atoms with E-state index in [9.17, 15) is 4.79 Å². The summed E-state index contributed by atoms with van der Waals surface area (Å²) in [7, 11) is 1.63. The molecular formula is C8H15NO2. The molecule has 0 aromatic carbocycles. The first kappa shape index (κ1) is 8.53. The molecule has 3 nitrogen and oxygen atoms in total. The first-order chi connectivity index (χ1) is 5.34. The van der Waals surface area contributed by atoms with Crippen LogP contribution in [-0.2, 0) is 9.53 Å². The first-order valence-electron chi connectivity index (χ1n) is 4.11. The topological polar surface area (TPSA) is 38.3 Å². The van der Waals surface area contributed by atoms with Crippen molar-refractivity contribution in [2.24, 2.45) is 5.92 Å². The van der Waals surface area contributed by atoms with E-state index in [-0.39, 0.29) is 5.91 Å². The normalized spacial score (nSPS) is 17.5. The molecule has 3 heteroatoms. The Morgan fingerprint density at radius 2 is 2.36 bits per heavy atom. The maximum Gasteiger partial charge on any atom is 0.223 e. The highest BCUT2D eigenvalue weighted by Gasteiger charge is 2.24. The van der Waals surface area contributed by atoms with Crippen LogP contribution in [-0.4, -0.2) is 26.2 Å². The molecule has 1 rings (SSSR count). The average Bonchev–Trinajstić information content (AvgIpc) is 1.84. The largest absolute Gasteiger partial charge is 0.383 e. The van der Waals surface area contributed by atoms with Crippen LogP contribution in [0.3, 0.4) is 0 Å². The highest BCUT2D eigenvalue weighted by molar-refractivity contribution is 5.79. The van der Waals surface area contributed by atoms with Gasteiger partial charge < -0.3 is 10.1 Å². The predicted molar refractivity (Wildman–Crippen MR) is 42.2 cm³/mol. The minimum absolute atomic E-state index is 0.202. The van der Waals surface area contributed by atoms with Gasteiger partial charge in [-0.05, 0) is 12.8 Å². The van der Waals surface area contributed by atoms with Crippen molar-refractivity contribution in [1.82, 2.24) is 5.32 Å². The minimum atomic E-state index is 0.202. The van der Waals surface area contributed by atoms with E-state index >= 15 is 0 Å². The summed E-state index contributed by atoms with van der Waals surface area (Å²) < 4.78 is 4.81. The fraction of sp³-hybridized carbons (Fsp3) is 0.875. The van der Waals surface area contributed by atoms with E-state index in [1.807, 2.05) is 0 Å². The van der Waals surface area contributed by atoms with E-state index in [1.165, 1.54) is 6.42 Å². The Balaban J connectivity index is 2.01. The summed E-state index contributed by atoms with van der Waals surface area (Å²) in [6, 6.07) is 0. The van der Waals surface area contributed by atoms with E-state index < -0.39 is 0 Å². The fourth-order valence-corrected chi connectivity index (χ4v) is 1.09. The van der Waals surface area contributed by atoms with Gasteiger partial charge in [-0.15, -0.1) is 0 Å². The van der Waals surface area contributed by atoms with Gasteiger partial charge in [-0.3, -0.25) is 4.79 Å². The Morgan fingerprint density at radius 3 is 2.82 bits per heavy atom. The van der Waals surface area contributed by atoms with Gasteiger partial charge in [0, 0.05) is 19.6 Å². The molecule has 1 aliphatic carbocycles. The lowest BCUT2D eigenvalue weighted by molar-refractivity contribution is -0.127. The zero-order valence-electron chi connectivity index (χ0n) is 6.93. The lowest BCUT2D eigenvalue weighted by Gasteiger charge is -2.23. The zero-order valence-corrected chi connectivity index (χ0v) is 6.93. The van der Waals surface area contributed by atoms with Crippen molar-refractivity contribution in [3.63, 3.8) is 0 Å². The predicted octanol–water partition coefficient (Wildman–Crippen LogP) is 0.549. The molecule has 0 aromatic heterocycles. The van der Waals surface area contributed by atoms with E-state index in [4.69, 9.17) is 4.74 Å². The molecule has 11 heavy (non-hydrogen) atoms. The molecule has 64 valence electrons. The monoisotopic (exact) mass is 157 g/mol. The highest BCUT2D eigenvalue weighted by Crippen LogP contribution is 2.25. The number of amides is 1. The first-order valence-corrected chi connectivity index (χ1v) is 4.11. The smallest absolute Gasteiger partial charge is 0.223 e.